The van der Waals surface area contributed by atoms with Crippen molar-refractivity contribution in [3.63, 3.8) is 0 Å². The molecule has 2 heterocycles. The zero-order valence-electron chi connectivity index (χ0n) is 17.7. The lowest BCUT2D eigenvalue weighted by Crippen LogP contribution is -2.39. The van der Waals surface area contributed by atoms with Gasteiger partial charge in [-0.05, 0) is 37.0 Å². The Morgan fingerprint density at radius 1 is 0.839 bits per heavy atom. The predicted octanol–water partition coefficient (Wildman–Crippen LogP) is 5.84. The Bertz CT molecular complexity index is 1220. The maximum absolute atomic E-state index is 13.1. The van der Waals surface area contributed by atoms with E-state index in [2.05, 4.69) is 19.1 Å². The Morgan fingerprint density at radius 3 is 2.06 bits per heavy atom. The highest BCUT2D eigenvalue weighted by atomic mass is 16.2. The van der Waals surface area contributed by atoms with Crippen LogP contribution in [0.3, 0.4) is 0 Å². The van der Waals surface area contributed by atoms with Crippen molar-refractivity contribution in [1.29, 1.82) is 0 Å². The molecule has 0 N–H and O–H groups in total. The van der Waals surface area contributed by atoms with Gasteiger partial charge in [0.2, 0.25) is 0 Å². The normalized spacial score (nSPS) is 16.4. The molecule has 0 bridgehead atoms. The minimum absolute atomic E-state index is 0.0867. The van der Waals surface area contributed by atoms with E-state index < -0.39 is 0 Å². The van der Waals surface area contributed by atoms with Crippen molar-refractivity contribution in [2.45, 2.75) is 19.8 Å². The first-order valence-electron chi connectivity index (χ1n) is 10.9. The highest BCUT2D eigenvalue weighted by Gasteiger charge is 2.22. The fourth-order valence-corrected chi connectivity index (χ4v) is 4.34. The topological polar surface area (TPSA) is 46.1 Å². The van der Waals surface area contributed by atoms with Gasteiger partial charge in [0.15, 0.2) is 0 Å². The number of fused-ring (bicyclic) bond motifs is 1. The SMILES string of the molecule is CC1CCCN(C(=O)c2ccc3nc(-c4ccccc4)c(-c4ccccc4)nc3c2)C1. The zero-order valence-corrected chi connectivity index (χ0v) is 17.7. The molecule has 4 aromatic rings. The fourth-order valence-electron chi connectivity index (χ4n) is 4.34. The molecule has 1 unspecified atom stereocenters. The van der Waals surface area contributed by atoms with Crippen molar-refractivity contribution in [2.75, 3.05) is 13.1 Å². The van der Waals surface area contributed by atoms with Crippen LogP contribution in [-0.4, -0.2) is 33.9 Å². The summed E-state index contributed by atoms with van der Waals surface area (Å²) in [5.41, 5.74) is 5.94. The zero-order chi connectivity index (χ0) is 21.2. The van der Waals surface area contributed by atoms with Gasteiger partial charge in [0.25, 0.3) is 5.91 Å². The van der Waals surface area contributed by atoms with Gasteiger partial charge in [-0.2, -0.15) is 0 Å². The minimum Gasteiger partial charge on any atom is -0.338 e. The van der Waals surface area contributed by atoms with Crippen molar-refractivity contribution in [2.24, 2.45) is 5.92 Å². The summed E-state index contributed by atoms with van der Waals surface area (Å²) in [6.07, 6.45) is 2.26. The van der Waals surface area contributed by atoms with E-state index in [1.54, 1.807) is 0 Å². The first kappa shape index (κ1) is 19.4. The quantitative estimate of drug-likeness (QED) is 0.429. The Kier molecular flexibility index (Phi) is 5.21. The predicted molar refractivity (Wildman–Crippen MR) is 125 cm³/mol. The van der Waals surface area contributed by atoms with Crippen LogP contribution in [0, 0.1) is 5.92 Å². The number of likely N-dealkylation sites (tertiary alicyclic amines) is 1. The Morgan fingerprint density at radius 2 is 1.45 bits per heavy atom. The summed E-state index contributed by atoms with van der Waals surface area (Å²) >= 11 is 0. The number of piperidine rings is 1. The summed E-state index contributed by atoms with van der Waals surface area (Å²) in [4.78, 5) is 25.0. The molecular weight excluding hydrogens is 382 g/mol. The molecule has 4 nitrogen and oxygen atoms in total. The van der Waals surface area contributed by atoms with Crippen molar-refractivity contribution in [3.05, 3.63) is 84.4 Å². The Labute approximate surface area is 182 Å². The standard InChI is InChI=1S/C27H25N3O/c1-19-9-8-16-30(18-19)27(31)22-14-15-23-24(17-22)29-26(21-12-6-3-7-13-21)25(28-23)20-10-4-2-5-11-20/h2-7,10-15,17,19H,8-9,16,18H2,1H3. The first-order chi connectivity index (χ1) is 15.2. The number of hydrogen-bond acceptors (Lipinski definition) is 3. The van der Waals surface area contributed by atoms with E-state index in [0.29, 0.717) is 11.5 Å². The van der Waals surface area contributed by atoms with E-state index in [4.69, 9.17) is 9.97 Å². The van der Waals surface area contributed by atoms with Crippen LogP contribution < -0.4 is 0 Å². The van der Waals surface area contributed by atoms with E-state index in [1.807, 2.05) is 71.6 Å². The summed E-state index contributed by atoms with van der Waals surface area (Å²) in [5.74, 6) is 0.639. The second-order valence-corrected chi connectivity index (χ2v) is 8.35. The second kappa shape index (κ2) is 8.31. The van der Waals surface area contributed by atoms with Crippen LogP contribution in [0.2, 0.25) is 0 Å². The van der Waals surface area contributed by atoms with Crippen molar-refractivity contribution in [3.8, 4) is 22.5 Å². The summed E-state index contributed by atoms with van der Waals surface area (Å²) < 4.78 is 0. The molecule has 0 radical (unpaired) electrons. The van der Waals surface area contributed by atoms with Crippen LogP contribution in [-0.2, 0) is 0 Å². The molecule has 31 heavy (non-hydrogen) atoms. The van der Waals surface area contributed by atoms with Gasteiger partial charge in [0.05, 0.1) is 22.4 Å². The maximum Gasteiger partial charge on any atom is 0.253 e. The van der Waals surface area contributed by atoms with Crippen molar-refractivity contribution >= 4 is 16.9 Å². The number of aromatic nitrogens is 2. The number of amides is 1. The molecule has 4 heteroatoms. The van der Waals surface area contributed by atoms with Crippen LogP contribution in [0.5, 0.6) is 0 Å². The van der Waals surface area contributed by atoms with Gasteiger partial charge in [-0.25, -0.2) is 9.97 Å². The number of carbonyl (C=O) groups is 1. The number of rotatable bonds is 3. The maximum atomic E-state index is 13.1. The van der Waals surface area contributed by atoms with Gasteiger partial charge in [0, 0.05) is 29.8 Å². The van der Waals surface area contributed by atoms with E-state index in [9.17, 15) is 4.79 Å². The van der Waals surface area contributed by atoms with E-state index in [-0.39, 0.29) is 5.91 Å². The van der Waals surface area contributed by atoms with Crippen LogP contribution in [0.1, 0.15) is 30.1 Å². The number of carbonyl (C=O) groups excluding carboxylic acids is 1. The Balaban J connectivity index is 1.61. The number of benzene rings is 3. The van der Waals surface area contributed by atoms with Gasteiger partial charge in [-0.1, -0.05) is 67.6 Å². The van der Waals surface area contributed by atoms with E-state index in [1.165, 1.54) is 6.42 Å². The monoisotopic (exact) mass is 407 g/mol. The van der Waals surface area contributed by atoms with Gasteiger partial charge < -0.3 is 4.90 Å². The minimum atomic E-state index is 0.0867. The number of hydrogen-bond donors (Lipinski definition) is 0. The lowest BCUT2D eigenvalue weighted by molar-refractivity contribution is 0.0683. The molecule has 1 aromatic heterocycles. The average Bonchev–Trinajstić information content (AvgIpc) is 2.83. The summed E-state index contributed by atoms with van der Waals surface area (Å²) in [7, 11) is 0. The van der Waals surface area contributed by atoms with Gasteiger partial charge in [-0.15, -0.1) is 0 Å². The third-order valence-corrected chi connectivity index (χ3v) is 5.95. The first-order valence-corrected chi connectivity index (χ1v) is 10.9. The fraction of sp³-hybridized carbons (Fsp3) is 0.222. The van der Waals surface area contributed by atoms with Crippen LogP contribution in [0.15, 0.2) is 78.9 Å². The lowest BCUT2D eigenvalue weighted by Gasteiger charge is -2.31. The molecule has 1 saturated heterocycles. The summed E-state index contributed by atoms with van der Waals surface area (Å²) in [6.45, 7) is 3.86. The molecule has 1 aliphatic rings. The summed E-state index contributed by atoms with van der Waals surface area (Å²) in [6, 6.07) is 25.9. The molecule has 1 atom stereocenters. The molecular formula is C27H25N3O. The van der Waals surface area contributed by atoms with Gasteiger partial charge >= 0.3 is 0 Å². The molecule has 3 aromatic carbocycles. The molecule has 1 amide bonds. The smallest absolute Gasteiger partial charge is 0.253 e. The van der Waals surface area contributed by atoms with Crippen LogP contribution in [0.4, 0.5) is 0 Å². The van der Waals surface area contributed by atoms with E-state index >= 15 is 0 Å². The molecule has 0 spiro atoms. The van der Waals surface area contributed by atoms with Crippen molar-refractivity contribution < 1.29 is 4.79 Å². The molecule has 5 rings (SSSR count). The molecule has 1 fully saturated rings. The van der Waals surface area contributed by atoms with Gasteiger partial charge in [-0.3, -0.25) is 4.79 Å². The third-order valence-electron chi connectivity index (χ3n) is 5.95. The van der Waals surface area contributed by atoms with Crippen molar-refractivity contribution in [1.82, 2.24) is 14.9 Å². The van der Waals surface area contributed by atoms with Gasteiger partial charge in [0.1, 0.15) is 0 Å². The average molecular weight is 408 g/mol. The second-order valence-electron chi connectivity index (χ2n) is 8.35. The van der Waals surface area contributed by atoms with Crippen LogP contribution in [0.25, 0.3) is 33.5 Å². The lowest BCUT2D eigenvalue weighted by atomic mass is 9.99. The molecule has 1 aliphatic heterocycles. The number of nitrogens with zero attached hydrogens (tertiary/aromatic N) is 3. The molecule has 0 saturated carbocycles. The highest BCUT2D eigenvalue weighted by molar-refractivity contribution is 5.98. The van der Waals surface area contributed by atoms with Crippen LogP contribution >= 0.6 is 0 Å². The molecule has 154 valence electrons. The molecule has 0 aliphatic carbocycles. The third kappa shape index (κ3) is 3.93. The largest absolute Gasteiger partial charge is 0.338 e. The highest BCUT2D eigenvalue weighted by Crippen LogP contribution is 2.31. The summed E-state index contributed by atoms with van der Waals surface area (Å²) in [5, 5.41) is 0. The Hall–Kier alpha value is -3.53. The van der Waals surface area contributed by atoms with E-state index in [0.717, 1.165) is 53.1 Å².